The topological polar surface area (TPSA) is 125 Å². The number of hydrogen-bond acceptors (Lipinski definition) is 5. The van der Waals surface area contributed by atoms with Crippen molar-refractivity contribution in [3.8, 4) is 0 Å². The summed E-state index contributed by atoms with van der Waals surface area (Å²) in [6.45, 7) is 3.11. The summed E-state index contributed by atoms with van der Waals surface area (Å²) in [5.74, 6) is -1.56. The number of amides is 3. The maximum Gasteiger partial charge on any atom is 0.251 e. The summed E-state index contributed by atoms with van der Waals surface area (Å²) in [5, 5.41) is 15.1. The lowest BCUT2D eigenvalue weighted by molar-refractivity contribution is -0.136. The molecule has 0 aliphatic rings. The van der Waals surface area contributed by atoms with Crippen molar-refractivity contribution in [2.45, 2.75) is 44.4 Å². The molecule has 0 heterocycles. The molecule has 0 spiro atoms. The van der Waals surface area contributed by atoms with Crippen molar-refractivity contribution in [2.75, 3.05) is 20.6 Å². The molecule has 1 aromatic rings. The second-order valence-electron chi connectivity index (χ2n) is 7.02. The van der Waals surface area contributed by atoms with Gasteiger partial charge in [0, 0.05) is 19.6 Å². The smallest absolute Gasteiger partial charge is 0.251 e. The Labute approximate surface area is 160 Å². The summed E-state index contributed by atoms with van der Waals surface area (Å²) in [6, 6.07) is 7.95. The summed E-state index contributed by atoms with van der Waals surface area (Å²) in [5.41, 5.74) is 5.50. The minimum atomic E-state index is -1.43. The number of carbonyl (C=O) groups excluding carboxylic acids is 3. The number of aliphatic hydroxyl groups is 1. The molecule has 8 nitrogen and oxygen atoms in total. The zero-order valence-electron chi connectivity index (χ0n) is 16.4. The first-order valence-corrected chi connectivity index (χ1v) is 8.90. The first-order chi connectivity index (χ1) is 12.6. The van der Waals surface area contributed by atoms with Crippen LogP contribution in [0.3, 0.4) is 0 Å². The molecular formula is C19H30N4O4. The van der Waals surface area contributed by atoms with Gasteiger partial charge >= 0.3 is 0 Å². The maximum atomic E-state index is 12.4. The Morgan fingerprint density at radius 3 is 2.33 bits per heavy atom. The van der Waals surface area contributed by atoms with E-state index in [4.69, 9.17) is 5.73 Å². The number of nitrogens with two attached hydrogens (primary N) is 1. The molecule has 1 rings (SSSR count). The van der Waals surface area contributed by atoms with Crippen LogP contribution in [0.1, 0.15) is 38.3 Å². The molecule has 0 aliphatic heterocycles. The first kappa shape index (κ1) is 22.6. The zero-order valence-corrected chi connectivity index (χ0v) is 16.4. The highest BCUT2D eigenvalue weighted by Crippen LogP contribution is 2.15. The van der Waals surface area contributed by atoms with Crippen molar-refractivity contribution in [3.63, 3.8) is 0 Å². The molecule has 0 saturated carbocycles. The summed E-state index contributed by atoms with van der Waals surface area (Å²) in [7, 11) is 3.19. The van der Waals surface area contributed by atoms with Gasteiger partial charge in [0.25, 0.3) is 5.91 Å². The monoisotopic (exact) mass is 378 g/mol. The highest BCUT2D eigenvalue weighted by Gasteiger charge is 2.33. The van der Waals surface area contributed by atoms with E-state index < -0.39 is 29.5 Å². The summed E-state index contributed by atoms with van der Waals surface area (Å²) >= 11 is 0. The minimum Gasteiger partial charge on any atom is -0.381 e. The molecule has 0 radical (unpaired) electrons. The Kier molecular flexibility index (Phi) is 8.39. The van der Waals surface area contributed by atoms with Crippen LogP contribution in [0.5, 0.6) is 0 Å². The standard InChI is InChI=1S/C19H30N4O4/c1-5-11-19(2,20)16(25)17(26)21-12-14(24)22-15(18(27)23(3)4)13-9-7-6-8-10-13/h6-10,15-16,25H,5,11-12,20H2,1-4H3,(H,21,26)(H,22,24)/t15-,16?,19?/m0/s1. The SMILES string of the molecule is CCCC(C)(N)C(O)C(=O)NCC(=O)N[C@H](C(=O)N(C)C)c1ccccc1. The van der Waals surface area contributed by atoms with Crippen LogP contribution < -0.4 is 16.4 Å². The van der Waals surface area contributed by atoms with Crippen LogP contribution >= 0.6 is 0 Å². The fraction of sp³-hybridized carbons (Fsp3) is 0.526. The van der Waals surface area contributed by atoms with Gasteiger partial charge in [0.05, 0.1) is 6.54 Å². The number of aliphatic hydroxyl groups excluding tert-OH is 1. The number of benzene rings is 1. The van der Waals surface area contributed by atoms with Gasteiger partial charge in [-0.15, -0.1) is 0 Å². The average Bonchev–Trinajstić information content (AvgIpc) is 2.63. The van der Waals surface area contributed by atoms with Crippen molar-refractivity contribution in [1.82, 2.24) is 15.5 Å². The molecule has 1 aromatic carbocycles. The van der Waals surface area contributed by atoms with E-state index in [1.54, 1.807) is 45.3 Å². The molecule has 3 amide bonds. The van der Waals surface area contributed by atoms with Crippen LogP contribution in [0, 0.1) is 0 Å². The van der Waals surface area contributed by atoms with Gasteiger partial charge < -0.3 is 26.4 Å². The lowest BCUT2D eigenvalue weighted by atomic mass is 9.90. The molecule has 150 valence electrons. The molecule has 5 N–H and O–H groups in total. The lowest BCUT2D eigenvalue weighted by Crippen LogP contribution is -2.56. The van der Waals surface area contributed by atoms with Gasteiger partial charge in [-0.1, -0.05) is 43.7 Å². The average molecular weight is 378 g/mol. The Morgan fingerprint density at radius 2 is 1.81 bits per heavy atom. The molecule has 2 unspecified atom stereocenters. The number of carbonyl (C=O) groups is 3. The van der Waals surface area contributed by atoms with Crippen LogP contribution in [0.15, 0.2) is 30.3 Å². The Hall–Kier alpha value is -2.45. The number of rotatable bonds is 9. The fourth-order valence-electron chi connectivity index (χ4n) is 2.64. The van der Waals surface area contributed by atoms with Gasteiger partial charge in [0.15, 0.2) is 0 Å². The second-order valence-corrected chi connectivity index (χ2v) is 7.02. The molecule has 0 aromatic heterocycles. The Bertz CT molecular complexity index is 646. The van der Waals surface area contributed by atoms with Crippen molar-refractivity contribution >= 4 is 17.7 Å². The molecule has 8 heteroatoms. The van der Waals surface area contributed by atoms with Crippen LogP contribution in [0.25, 0.3) is 0 Å². The summed E-state index contributed by atoms with van der Waals surface area (Å²) < 4.78 is 0. The highest BCUT2D eigenvalue weighted by atomic mass is 16.3. The number of nitrogens with one attached hydrogen (secondary N) is 2. The van der Waals surface area contributed by atoms with Crippen LogP contribution in [-0.2, 0) is 14.4 Å². The zero-order chi connectivity index (χ0) is 20.6. The number of likely N-dealkylation sites (N-methyl/N-ethyl adjacent to an activating group) is 1. The van der Waals surface area contributed by atoms with E-state index in [1.165, 1.54) is 4.90 Å². The minimum absolute atomic E-state index is 0.293. The van der Waals surface area contributed by atoms with Crippen molar-refractivity contribution in [3.05, 3.63) is 35.9 Å². The highest BCUT2D eigenvalue weighted by molar-refractivity contribution is 5.91. The molecule has 0 fully saturated rings. The summed E-state index contributed by atoms with van der Waals surface area (Å²) in [4.78, 5) is 38.1. The van der Waals surface area contributed by atoms with E-state index in [-0.39, 0.29) is 12.5 Å². The summed E-state index contributed by atoms with van der Waals surface area (Å²) in [6.07, 6.45) is -0.261. The third kappa shape index (κ3) is 6.65. The molecular weight excluding hydrogens is 348 g/mol. The van der Waals surface area contributed by atoms with Gasteiger partial charge in [-0.2, -0.15) is 0 Å². The van der Waals surface area contributed by atoms with Crippen LogP contribution in [-0.4, -0.2) is 60.0 Å². The van der Waals surface area contributed by atoms with E-state index in [1.807, 2.05) is 13.0 Å². The predicted octanol–water partition coefficient (Wildman–Crippen LogP) is -0.0733. The molecule has 0 saturated heterocycles. The predicted molar refractivity (Wildman–Crippen MR) is 103 cm³/mol. The number of hydrogen-bond donors (Lipinski definition) is 4. The van der Waals surface area contributed by atoms with Gasteiger partial charge in [-0.25, -0.2) is 0 Å². The van der Waals surface area contributed by atoms with Gasteiger partial charge in [0.2, 0.25) is 11.8 Å². The fourth-order valence-corrected chi connectivity index (χ4v) is 2.64. The van der Waals surface area contributed by atoms with Crippen LogP contribution in [0.2, 0.25) is 0 Å². The van der Waals surface area contributed by atoms with Gasteiger partial charge in [-0.3, -0.25) is 14.4 Å². The van der Waals surface area contributed by atoms with Crippen molar-refractivity contribution in [2.24, 2.45) is 5.73 Å². The Morgan fingerprint density at radius 1 is 1.22 bits per heavy atom. The largest absolute Gasteiger partial charge is 0.381 e. The molecule has 3 atom stereocenters. The molecule has 0 aliphatic carbocycles. The van der Waals surface area contributed by atoms with E-state index in [0.717, 1.165) is 0 Å². The lowest BCUT2D eigenvalue weighted by Gasteiger charge is -2.29. The third-order valence-electron chi connectivity index (χ3n) is 4.21. The third-order valence-corrected chi connectivity index (χ3v) is 4.21. The van der Waals surface area contributed by atoms with Crippen molar-refractivity contribution < 1.29 is 19.5 Å². The first-order valence-electron chi connectivity index (χ1n) is 8.90. The van der Waals surface area contributed by atoms with E-state index >= 15 is 0 Å². The molecule has 0 bridgehead atoms. The normalized spacial score (nSPS) is 15.2. The van der Waals surface area contributed by atoms with E-state index in [2.05, 4.69) is 10.6 Å². The second kappa shape index (κ2) is 10.0. The number of nitrogens with zero attached hydrogens (tertiary/aromatic N) is 1. The van der Waals surface area contributed by atoms with Crippen molar-refractivity contribution in [1.29, 1.82) is 0 Å². The van der Waals surface area contributed by atoms with E-state index in [0.29, 0.717) is 18.4 Å². The van der Waals surface area contributed by atoms with E-state index in [9.17, 15) is 19.5 Å². The Balaban J connectivity index is 2.72. The molecule has 27 heavy (non-hydrogen) atoms. The maximum absolute atomic E-state index is 12.4. The van der Waals surface area contributed by atoms with Crippen LogP contribution in [0.4, 0.5) is 0 Å². The van der Waals surface area contributed by atoms with Gasteiger partial charge in [-0.05, 0) is 18.9 Å². The van der Waals surface area contributed by atoms with Gasteiger partial charge in [0.1, 0.15) is 12.1 Å². The quantitative estimate of drug-likeness (QED) is 0.479.